The van der Waals surface area contributed by atoms with Gasteiger partial charge in [0.05, 0.1) is 9.85 Å². The summed E-state index contributed by atoms with van der Waals surface area (Å²) in [4.78, 5) is 31.7. The highest BCUT2D eigenvalue weighted by Crippen LogP contribution is 2.26. The van der Waals surface area contributed by atoms with Gasteiger partial charge in [-0.1, -0.05) is 42.5 Å². The van der Waals surface area contributed by atoms with E-state index in [1.54, 1.807) is 18.2 Å². The maximum absolute atomic E-state index is 11.1. The Morgan fingerprint density at radius 3 is 2.06 bits per heavy atom. The molecule has 1 N–H and O–H groups in total. The number of fused-ring (bicyclic) bond motifs is 2. The molecule has 0 amide bonds. The molecule has 2 aliphatic rings. The number of nitrogens with one attached hydrogen (secondary N) is 1. The Morgan fingerprint density at radius 2 is 1.40 bits per heavy atom. The van der Waals surface area contributed by atoms with Gasteiger partial charge in [-0.3, -0.25) is 25.0 Å². The number of ketones is 1. The summed E-state index contributed by atoms with van der Waals surface area (Å²) in [6, 6.07) is 20.7. The maximum Gasteiger partial charge on any atom is 0.269 e. The van der Waals surface area contributed by atoms with Crippen molar-refractivity contribution in [2.24, 2.45) is 0 Å². The van der Waals surface area contributed by atoms with Crippen LogP contribution in [0, 0.1) is 20.2 Å². The summed E-state index contributed by atoms with van der Waals surface area (Å²) in [5.74, 6) is 0.165. The van der Waals surface area contributed by atoms with Gasteiger partial charge in [0.25, 0.3) is 11.4 Å². The van der Waals surface area contributed by atoms with Crippen LogP contribution in [0.5, 0.6) is 0 Å². The van der Waals surface area contributed by atoms with Gasteiger partial charge in [0.1, 0.15) is 5.78 Å². The van der Waals surface area contributed by atoms with Crippen molar-refractivity contribution in [3.63, 3.8) is 0 Å². The molecule has 0 aromatic heterocycles. The van der Waals surface area contributed by atoms with Crippen molar-refractivity contribution < 1.29 is 14.6 Å². The number of carbonyl (C=O) groups excluding carboxylic acids is 1. The minimum Gasteiger partial charge on any atom is -0.310 e. The van der Waals surface area contributed by atoms with Crippen LogP contribution in [0.1, 0.15) is 40.7 Å². The SMILES string of the molecule is O=C1CCc2ccc([N+](=O)[O-])cc2C1.O=[N+]([O-])c1ccc2c(c1)CC(NCc1ccccc1)CC2. The molecule has 1 atom stereocenters. The van der Waals surface area contributed by atoms with Gasteiger partial charge in [0, 0.05) is 49.7 Å². The number of hydrogen-bond acceptors (Lipinski definition) is 6. The number of nitro benzene ring substituents is 2. The number of Topliss-reactive ketones (excluding diaryl/α,β-unsaturated/α-hetero) is 1. The lowest BCUT2D eigenvalue weighted by Gasteiger charge is -2.25. The smallest absolute Gasteiger partial charge is 0.269 e. The van der Waals surface area contributed by atoms with Crippen LogP contribution in [0.2, 0.25) is 0 Å². The first-order valence-corrected chi connectivity index (χ1v) is 11.7. The number of rotatable bonds is 5. The third kappa shape index (κ3) is 6.36. The summed E-state index contributed by atoms with van der Waals surface area (Å²) in [6.45, 7) is 0.843. The van der Waals surface area contributed by atoms with Crippen molar-refractivity contribution in [1.29, 1.82) is 0 Å². The number of hydrogen-bond donors (Lipinski definition) is 1. The Bertz CT molecular complexity index is 1240. The molecular formula is C27H27N3O5. The summed E-state index contributed by atoms with van der Waals surface area (Å²) in [7, 11) is 0. The van der Waals surface area contributed by atoms with Gasteiger partial charge in [0.2, 0.25) is 0 Å². The zero-order valence-electron chi connectivity index (χ0n) is 19.3. The van der Waals surface area contributed by atoms with E-state index in [9.17, 15) is 25.0 Å². The van der Waals surface area contributed by atoms with Gasteiger partial charge >= 0.3 is 0 Å². The van der Waals surface area contributed by atoms with Crippen molar-refractivity contribution >= 4 is 17.2 Å². The number of carbonyl (C=O) groups is 1. The first kappa shape index (κ1) is 24.2. The van der Waals surface area contributed by atoms with Gasteiger partial charge in [-0.05, 0) is 53.5 Å². The summed E-state index contributed by atoms with van der Waals surface area (Å²) in [5.41, 5.74) is 5.77. The molecule has 5 rings (SSSR count). The summed E-state index contributed by atoms with van der Waals surface area (Å²) < 4.78 is 0. The van der Waals surface area contributed by atoms with Crippen LogP contribution in [0.15, 0.2) is 66.7 Å². The molecule has 8 nitrogen and oxygen atoms in total. The van der Waals surface area contributed by atoms with E-state index in [1.807, 2.05) is 24.3 Å². The number of nitro groups is 2. The van der Waals surface area contributed by atoms with E-state index in [1.165, 1.54) is 23.3 Å². The molecule has 3 aromatic carbocycles. The fraction of sp³-hybridized carbons (Fsp3) is 0.296. The lowest BCUT2D eigenvalue weighted by Crippen LogP contribution is -2.34. The van der Waals surface area contributed by atoms with Crippen molar-refractivity contribution in [2.45, 2.75) is 51.1 Å². The summed E-state index contributed by atoms with van der Waals surface area (Å²) >= 11 is 0. The fourth-order valence-corrected chi connectivity index (χ4v) is 4.60. The molecule has 0 saturated carbocycles. The fourth-order valence-electron chi connectivity index (χ4n) is 4.60. The average Bonchev–Trinajstić information content (AvgIpc) is 2.87. The van der Waals surface area contributed by atoms with Gasteiger partial charge in [-0.2, -0.15) is 0 Å². The Hall–Kier alpha value is -3.91. The monoisotopic (exact) mass is 473 g/mol. The second-order valence-electron chi connectivity index (χ2n) is 8.94. The predicted octanol–water partition coefficient (Wildman–Crippen LogP) is 4.89. The maximum atomic E-state index is 11.1. The Morgan fingerprint density at radius 1 is 0.771 bits per heavy atom. The first-order valence-electron chi connectivity index (χ1n) is 11.7. The third-order valence-corrected chi connectivity index (χ3v) is 6.53. The van der Waals surface area contributed by atoms with Crippen LogP contribution in [0.3, 0.4) is 0 Å². The van der Waals surface area contributed by atoms with Gasteiger partial charge in [-0.25, -0.2) is 0 Å². The minimum atomic E-state index is -0.431. The zero-order chi connectivity index (χ0) is 24.8. The highest BCUT2D eigenvalue weighted by atomic mass is 16.6. The summed E-state index contributed by atoms with van der Waals surface area (Å²) in [5, 5.41) is 24.9. The standard InChI is InChI=1S/C17H18N2O2.C10H9NO3/c20-19(21)17-9-7-14-6-8-16(10-15(14)11-17)18-12-13-4-2-1-3-5-13;12-10-4-2-7-1-3-9(11(13)14)5-8(7)6-10/h1-5,7,9,11,16,18H,6,8,10,12H2;1,3,5H,2,4,6H2. The van der Waals surface area contributed by atoms with Crippen LogP contribution in [0.25, 0.3) is 0 Å². The second kappa shape index (κ2) is 11.0. The highest BCUT2D eigenvalue weighted by molar-refractivity contribution is 5.83. The van der Waals surface area contributed by atoms with Crippen LogP contribution in [0.4, 0.5) is 11.4 Å². The van der Waals surface area contributed by atoms with Crippen LogP contribution >= 0.6 is 0 Å². The lowest BCUT2D eigenvalue weighted by molar-refractivity contribution is -0.385. The van der Waals surface area contributed by atoms with Crippen LogP contribution in [-0.2, 0) is 37.0 Å². The van der Waals surface area contributed by atoms with Crippen molar-refractivity contribution in [3.05, 3.63) is 115 Å². The molecule has 8 heteroatoms. The van der Waals surface area contributed by atoms with Crippen molar-refractivity contribution in [3.8, 4) is 0 Å². The first-order chi connectivity index (χ1) is 16.9. The zero-order valence-corrected chi connectivity index (χ0v) is 19.3. The van der Waals surface area contributed by atoms with Gasteiger partial charge in [-0.15, -0.1) is 0 Å². The largest absolute Gasteiger partial charge is 0.310 e. The molecule has 0 radical (unpaired) electrons. The van der Waals surface area contributed by atoms with E-state index < -0.39 is 4.92 Å². The Kier molecular flexibility index (Phi) is 7.62. The summed E-state index contributed by atoms with van der Waals surface area (Å²) in [6.07, 6.45) is 4.55. The minimum absolute atomic E-state index is 0.0680. The molecule has 0 saturated heterocycles. The van der Waals surface area contributed by atoms with Crippen molar-refractivity contribution in [2.75, 3.05) is 0 Å². The van der Waals surface area contributed by atoms with Crippen LogP contribution < -0.4 is 5.32 Å². The molecule has 1 unspecified atom stereocenters. The molecule has 2 aliphatic carbocycles. The van der Waals surface area contributed by atoms with E-state index in [4.69, 9.17) is 0 Å². The van der Waals surface area contributed by atoms with Gasteiger partial charge in [0.15, 0.2) is 0 Å². The number of aryl methyl sites for hydroxylation is 2. The lowest BCUT2D eigenvalue weighted by atomic mass is 9.88. The van der Waals surface area contributed by atoms with Crippen molar-refractivity contribution in [1.82, 2.24) is 5.32 Å². The molecule has 0 spiro atoms. The second-order valence-corrected chi connectivity index (χ2v) is 8.94. The third-order valence-electron chi connectivity index (χ3n) is 6.53. The molecular weight excluding hydrogens is 446 g/mol. The van der Waals surface area contributed by atoms with Crippen LogP contribution in [-0.4, -0.2) is 21.7 Å². The normalized spacial score (nSPS) is 16.3. The average molecular weight is 474 g/mol. The highest BCUT2D eigenvalue weighted by Gasteiger charge is 2.21. The number of non-ortho nitro benzene ring substituents is 2. The van der Waals surface area contributed by atoms with E-state index in [0.717, 1.165) is 42.5 Å². The number of nitrogens with zero attached hydrogens (tertiary/aromatic N) is 2. The van der Waals surface area contributed by atoms with Gasteiger partial charge < -0.3 is 5.32 Å². The quantitative estimate of drug-likeness (QED) is 0.416. The predicted molar refractivity (Wildman–Crippen MR) is 132 cm³/mol. The van der Waals surface area contributed by atoms with E-state index in [2.05, 4.69) is 17.4 Å². The molecule has 0 bridgehead atoms. The molecule has 0 heterocycles. The molecule has 3 aromatic rings. The van der Waals surface area contributed by atoms with E-state index in [-0.39, 0.29) is 22.1 Å². The van der Waals surface area contributed by atoms with E-state index in [0.29, 0.717) is 25.3 Å². The molecule has 180 valence electrons. The molecule has 0 aliphatic heterocycles. The number of benzene rings is 3. The Labute approximate surface area is 203 Å². The topological polar surface area (TPSA) is 115 Å². The molecule has 0 fully saturated rings. The Balaban J connectivity index is 0.000000179. The molecule has 35 heavy (non-hydrogen) atoms. The van der Waals surface area contributed by atoms with E-state index >= 15 is 0 Å².